The number of ether oxygens (including phenoxy) is 4. The second-order valence-corrected chi connectivity index (χ2v) is 6.44. The van der Waals surface area contributed by atoms with E-state index in [9.17, 15) is 18.0 Å². The molecule has 2 aromatic carbocycles. The maximum absolute atomic E-state index is 12.6. The van der Waals surface area contributed by atoms with Gasteiger partial charge in [0.1, 0.15) is 12.4 Å². The van der Waals surface area contributed by atoms with E-state index in [1.807, 2.05) is 0 Å². The number of hydrogen-bond donors (Lipinski definition) is 1. The van der Waals surface area contributed by atoms with E-state index in [1.165, 1.54) is 18.2 Å². The molecule has 28 heavy (non-hydrogen) atoms. The lowest BCUT2D eigenvalue weighted by Gasteiger charge is -2.27. The summed E-state index contributed by atoms with van der Waals surface area (Å²) in [6, 6.07) is 9.04. The van der Waals surface area contributed by atoms with Crippen LogP contribution in [-0.2, 0) is 9.53 Å². The monoisotopic (exact) mass is 391 g/mol. The zero-order chi connectivity index (χ0) is 19.5. The number of nitrogens with one attached hydrogen (secondary N) is 1. The van der Waals surface area contributed by atoms with Crippen molar-refractivity contribution in [1.29, 1.82) is 0 Å². The van der Waals surface area contributed by atoms with Gasteiger partial charge in [-0.2, -0.15) is 0 Å². The molecule has 2 aromatic rings. The molecular weight excluding hydrogens is 379 g/mol. The molecule has 0 fully saturated rings. The van der Waals surface area contributed by atoms with Crippen molar-refractivity contribution in [3.8, 4) is 17.2 Å². The summed E-state index contributed by atoms with van der Waals surface area (Å²) in [5.74, 6) is -0.457. The Balaban J connectivity index is 1.65. The molecule has 0 amide bonds. The number of esters is 1. The molecule has 9 heteroatoms. The van der Waals surface area contributed by atoms with Crippen molar-refractivity contribution in [3.63, 3.8) is 0 Å². The van der Waals surface area contributed by atoms with Crippen LogP contribution >= 0.6 is 0 Å². The molecule has 0 saturated heterocycles. The number of carbonyl (C=O) groups is 1. The van der Waals surface area contributed by atoms with Crippen LogP contribution in [-0.4, -0.2) is 25.7 Å². The van der Waals surface area contributed by atoms with Crippen LogP contribution in [0.5, 0.6) is 17.2 Å². The third kappa shape index (κ3) is 2.70. The molecule has 0 spiro atoms. The van der Waals surface area contributed by atoms with Crippen LogP contribution in [0.25, 0.3) is 0 Å². The molecular formula is C19H12F3NO5. The number of hydrogen-bond acceptors (Lipinski definition) is 6. The fourth-order valence-corrected chi connectivity index (χ4v) is 3.67. The molecule has 6 nitrogen and oxygen atoms in total. The van der Waals surface area contributed by atoms with Crippen LogP contribution in [0.1, 0.15) is 17.0 Å². The van der Waals surface area contributed by atoms with Crippen LogP contribution in [0.3, 0.4) is 0 Å². The van der Waals surface area contributed by atoms with Gasteiger partial charge in [0.15, 0.2) is 11.5 Å². The summed E-state index contributed by atoms with van der Waals surface area (Å²) in [5.41, 5.74) is 2.74. The van der Waals surface area contributed by atoms with Crippen molar-refractivity contribution in [2.75, 3.05) is 18.7 Å². The van der Waals surface area contributed by atoms with E-state index in [0.29, 0.717) is 39.6 Å². The smallest absolute Gasteiger partial charge is 0.456 e. The van der Waals surface area contributed by atoms with Crippen molar-refractivity contribution in [2.45, 2.75) is 12.3 Å². The van der Waals surface area contributed by atoms with Gasteiger partial charge in [0, 0.05) is 17.7 Å². The molecule has 3 aliphatic heterocycles. The molecule has 3 aliphatic rings. The second kappa shape index (κ2) is 5.82. The Morgan fingerprint density at radius 1 is 1.07 bits per heavy atom. The van der Waals surface area contributed by atoms with Gasteiger partial charge >= 0.3 is 12.3 Å². The first-order valence-corrected chi connectivity index (χ1v) is 8.35. The molecule has 0 aliphatic carbocycles. The van der Waals surface area contributed by atoms with Crippen molar-refractivity contribution in [3.05, 3.63) is 58.8 Å². The van der Waals surface area contributed by atoms with Gasteiger partial charge in [-0.05, 0) is 29.3 Å². The molecule has 144 valence electrons. The summed E-state index contributed by atoms with van der Waals surface area (Å²) in [6.45, 7) is 0.143. The average molecular weight is 391 g/mol. The standard InChI is InChI=1S/C19H12F3NO5/c20-19(21,22)28-10-3-1-2-9(4-10)16-11-5-14-15(27-8-26-14)6-12(11)23-13-7-25-18(24)17(13)16/h1-6,16,23H,7-8H2. The van der Waals surface area contributed by atoms with Gasteiger partial charge in [0.05, 0.1) is 11.3 Å². The van der Waals surface area contributed by atoms with Gasteiger partial charge in [-0.3, -0.25) is 0 Å². The van der Waals surface area contributed by atoms with E-state index in [-0.39, 0.29) is 19.1 Å². The lowest BCUT2D eigenvalue weighted by Crippen LogP contribution is -2.20. The largest absolute Gasteiger partial charge is 0.573 e. The molecule has 1 N–H and O–H groups in total. The van der Waals surface area contributed by atoms with Crippen molar-refractivity contribution >= 4 is 11.7 Å². The minimum absolute atomic E-state index is 0.0668. The molecule has 0 saturated carbocycles. The minimum Gasteiger partial charge on any atom is -0.456 e. The Morgan fingerprint density at radius 2 is 1.86 bits per heavy atom. The number of rotatable bonds is 2. The number of fused-ring (bicyclic) bond motifs is 2. The molecule has 0 radical (unpaired) electrons. The minimum atomic E-state index is -4.81. The van der Waals surface area contributed by atoms with Crippen molar-refractivity contribution < 1.29 is 36.9 Å². The summed E-state index contributed by atoms with van der Waals surface area (Å²) in [7, 11) is 0. The highest BCUT2D eigenvalue weighted by Crippen LogP contribution is 2.49. The van der Waals surface area contributed by atoms with E-state index in [2.05, 4.69) is 10.1 Å². The van der Waals surface area contributed by atoms with E-state index < -0.39 is 18.2 Å². The molecule has 1 atom stereocenters. The first kappa shape index (κ1) is 16.8. The van der Waals surface area contributed by atoms with Crippen molar-refractivity contribution in [2.24, 2.45) is 0 Å². The average Bonchev–Trinajstić information content (AvgIpc) is 3.23. The fraction of sp³-hybridized carbons (Fsp3) is 0.211. The lowest BCUT2D eigenvalue weighted by atomic mass is 9.81. The second-order valence-electron chi connectivity index (χ2n) is 6.44. The lowest BCUT2D eigenvalue weighted by molar-refractivity contribution is -0.274. The normalized spacial score (nSPS) is 19.7. The Labute approximate surface area is 156 Å². The van der Waals surface area contributed by atoms with Crippen LogP contribution in [0.15, 0.2) is 47.7 Å². The van der Waals surface area contributed by atoms with E-state index in [1.54, 1.807) is 18.2 Å². The Bertz CT molecular complexity index is 1030. The van der Waals surface area contributed by atoms with Crippen LogP contribution in [0, 0.1) is 0 Å². The zero-order valence-electron chi connectivity index (χ0n) is 14.1. The molecule has 0 aromatic heterocycles. The molecule has 0 bridgehead atoms. The summed E-state index contributed by atoms with van der Waals surface area (Å²) in [6.07, 6.45) is -4.81. The summed E-state index contributed by atoms with van der Waals surface area (Å²) < 4.78 is 57.9. The predicted molar refractivity (Wildman–Crippen MR) is 89.1 cm³/mol. The highest BCUT2D eigenvalue weighted by Gasteiger charge is 2.40. The van der Waals surface area contributed by atoms with E-state index in [0.717, 1.165) is 0 Å². The van der Waals surface area contributed by atoms with Gasteiger partial charge in [0.2, 0.25) is 6.79 Å². The maximum Gasteiger partial charge on any atom is 0.573 e. The highest BCUT2D eigenvalue weighted by molar-refractivity contribution is 5.97. The third-order valence-electron chi connectivity index (χ3n) is 4.75. The summed E-state index contributed by atoms with van der Waals surface area (Å²) in [4.78, 5) is 12.4. The van der Waals surface area contributed by atoms with E-state index in [4.69, 9.17) is 14.2 Å². The maximum atomic E-state index is 12.6. The molecule has 1 unspecified atom stereocenters. The topological polar surface area (TPSA) is 66.0 Å². The number of anilines is 1. The molecule has 3 heterocycles. The SMILES string of the molecule is O=C1OCC2=C1C(c1cccc(OC(F)(F)F)c1)c1cc3c(cc1N2)OCO3. The van der Waals surface area contributed by atoms with Crippen LogP contribution in [0.4, 0.5) is 18.9 Å². The first-order valence-electron chi connectivity index (χ1n) is 8.35. The zero-order valence-corrected chi connectivity index (χ0v) is 14.1. The summed E-state index contributed by atoms with van der Waals surface area (Å²) in [5, 5.41) is 3.16. The van der Waals surface area contributed by atoms with Crippen molar-refractivity contribution in [1.82, 2.24) is 0 Å². The number of cyclic esters (lactones) is 1. The van der Waals surface area contributed by atoms with Gasteiger partial charge in [-0.15, -0.1) is 13.2 Å². The highest BCUT2D eigenvalue weighted by atomic mass is 19.4. The molecule has 5 rings (SSSR count). The van der Waals surface area contributed by atoms with Gasteiger partial charge < -0.3 is 24.3 Å². The van der Waals surface area contributed by atoms with Gasteiger partial charge in [0.25, 0.3) is 0 Å². The Morgan fingerprint density at radius 3 is 2.64 bits per heavy atom. The number of alkyl halides is 3. The van der Waals surface area contributed by atoms with Crippen LogP contribution in [0.2, 0.25) is 0 Å². The predicted octanol–water partition coefficient (Wildman–Crippen LogP) is 3.68. The van der Waals surface area contributed by atoms with Crippen LogP contribution < -0.4 is 19.5 Å². The van der Waals surface area contributed by atoms with E-state index >= 15 is 0 Å². The number of halogens is 3. The number of benzene rings is 2. The fourth-order valence-electron chi connectivity index (χ4n) is 3.67. The Hall–Kier alpha value is -3.36. The van der Waals surface area contributed by atoms with Gasteiger partial charge in [-0.1, -0.05) is 12.1 Å². The first-order chi connectivity index (χ1) is 13.4. The summed E-state index contributed by atoms with van der Waals surface area (Å²) >= 11 is 0. The quantitative estimate of drug-likeness (QED) is 0.788. The Kier molecular flexibility index (Phi) is 3.49. The number of carbonyl (C=O) groups excluding carboxylic acids is 1. The van der Waals surface area contributed by atoms with Gasteiger partial charge in [-0.25, -0.2) is 4.79 Å². The third-order valence-corrected chi connectivity index (χ3v) is 4.75.